The Morgan fingerprint density at radius 1 is 1.33 bits per heavy atom. The van der Waals surface area contributed by atoms with Crippen molar-refractivity contribution < 1.29 is 4.74 Å². The zero-order valence-corrected chi connectivity index (χ0v) is 12.0. The number of aromatic amines is 1. The van der Waals surface area contributed by atoms with Crippen molar-refractivity contribution in [2.45, 2.75) is 25.4 Å². The van der Waals surface area contributed by atoms with E-state index in [2.05, 4.69) is 38.4 Å². The van der Waals surface area contributed by atoms with Gasteiger partial charge in [-0.05, 0) is 18.6 Å². The number of H-pyrrole nitrogens is 1. The van der Waals surface area contributed by atoms with Crippen LogP contribution in [0.3, 0.4) is 0 Å². The molecule has 2 aliphatic rings. The van der Waals surface area contributed by atoms with Gasteiger partial charge in [0.15, 0.2) is 0 Å². The highest BCUT2D eigenvalue weighted by atomic mass is 16.5. The third kappa shape index (κ3) is 2.49. The standard InChI is InChI=1S/C16H20N4O/c1-2-5-16-15(4-1)20(6-3-7-21-16)10-12-8-13-14(9-17-12)19-11-18-13/h1-2,4-5,11-12,17H,3,6-10H2,(H,18,19). The summed E-state index contributed by atoms with van der Waals surface area (Å²) >= 11 is 0. The molecule has 1 aromatic heterocycles. The van der Waals surface area contributed by atoms with Gasteiger partial charge in [0.05, 0.1) is 30.0 Å². The largest absolute Gasteiger partial charge is 0.491 e. The summed E-state index contributed by atoms with van der Waals surface area (Å²) in [6, 6.07) is 8.78. The topological polar surface area (TPSA) is 53.2 Å². The second-order valence-electron chi connectivity index (χ2n) is 5.73. The van der Waals surface area contributed by atoms with Gasteiger partial charge in [0.1, 0.15) is 5.75 Å². The molecular formula is C16H20N4O. The van der Waals surface area contributed by atoms with Crippen molar-refractivity contribution in [2.75, 3.05) is 24.6 Å². The van der Waals surface area contributed by atoms with Crippen molar-refractivity contribution in [3.05, 3.63) is 42.0 Å². The molecule has 0 aliphatic carbocycles. The Labute approximate surface area is 124 Å². The number of nitrogens with zero attached hydrogens (tertiary/aromatic N) is 2. The molecule has 1 atom stereocenters. The molecule has 0 saturated carbocycles. The number of nitrogens with one attached hydrogen (secondary N) is 2. The maximum Gasteiger partial charge on any atom is 0.142 e. The number of benzene rings is 1. The Bertz CT molecular complexity index is 624. The van der Waals surface area contributed by atoms with Crippen molar-refractivity contribution in [3.63, 3.8) is 0 Å². The summed E-state index contributed by atoms with van der Waals surface area (Å²) in [7, 11) is 0. The lowest BCUT2D eigenvalue weighted by Crippen LogP contribution is -2.45. The van der Waals surface area contributed by atoms with Crippen LogP contribution in [0.15, 0.2) is 30.6 Å². The first kappa shape index (κ1) is 12.7. The number of hydrogen-bond donors (Lipinski definition) is 2. The summed E-state index contributed by atoms with van der Waals surface area (Å²) in [4.78, 5) is 10.1. The Morgan fingerprint density at radius 2 is 2.29 bits per heavy atom. The zero-order chi connectivity index (χ0) is 14.1. The van der Waals surface area contributed by atoms with Gasteiger partial charge in [-0.3, -0.25) is 0 Å². The molecule has 0 amide bonds. The first-order chi connectivity index (χ1) is 10.4. The first-order valence-corrected chi connectivity index (χ1v) is 7.61. The average Bonchev–Trinajstić information content (AvgIpc) is 2.89. The molecule has 1 unspecified atom stereocenters. The molecule has 1 aromatic carbocycles. The molecule has 4 rings (SSSR count). The van der Waals surface area contributed by atoms with E-state index in [1.807, 2.05) is 6.07 Å². The molecule has 2 aromatic rings. The van der Waals surface area contributed by atoms with Crippen LogP contribution < -0.4 is 15.0 Å². The van der Waals surface area contributed by atoms with Crippen LogP contribution in [0.25, 0.3) is 0 Å². The van der Waals surface area contributed by atoms with Crippen LogP contribution in [0.1, 0.15) is 17.8 Å². The molecule has 0 fully saturated rings. The van der Waals surface area contributed by atoms with Gasteiger partial charge in [0.2, 0.25) is 0 Å². The van der Waals surface area contributed by atoms with E-state index in [-0.39, 0.29) is 0 Å². The number of anilines is 1. The maximum absolute atomic E-state index is 5.83. The summed E-state index contributed by atoms with van der Waals surface area (Å²) in [6.45, 7) is 3.72. The summed E-state index contributed by atoms with van der Waals surface area (Å²) in [5, 5.41) is 3.61. The summed E-state index contributed by atoms with van der Waals surface area (Å²) in [6.07, 6.45) is 3.84. The molecule has 110 valence electrons. The third-order valence-corrected chi connectivity index (χ3v) is 4.29. The average molecular weight is 284 g/mol. The number of hydrogen-bond acceptors (Lipinski definition) is 4. The van der Waals surface area contributed by atoms with Crippen molar-refractivity contribution in [1.82, 2.24) is 15.3 Å². The monoisotopic (exact) mass is 284 g/mol. The summed E-state index contributed by atoms with van der Waals surface area (Å²) in [5.41, 5.74) is 3.65. The SMILES string of the molecule is c1ccc2c(c1)OCCCN2CC1Cc2nc[nH]c2CN1. The quantitative estimate of drug-likeness (QED) is 0.881. The third-order valence-electron chi connectivity index (χ3n) is 4.29. The minimum Gasteiger partial charge on any atom is -0.491 e. The Kier molecular flexibility index (Phi) is 3.27. The number of ether oxygens (including phenoxy) is 1. The lowest BCUT2D eigenvalue weighted by molar-refractivity contribution is 0.322. The molecule has 2 aliphatic heterocycles. The predicted molar refractivity (Wildman–Crippen MR) is 81.7 cm³/mol. The van der Waals surface area contributed by atoms with Gasteiger partial charge in [-0.1, -0.05) is 12.1 Å². The van der Waals surface area contributed by atoms with Gasteiger partial charge < -0.3 is 19.9 Å². The minimum absolute atomic E-state index is 0.437. The number of imidazole rings is 1. The van der Waals surface area contributed by atoms with Gasteiger partial charge >= 0.3 is 0 Å². The highest BCUT2D eigenvalue weighted by Gasteiger charge is 2.24. The fourth-order valence-electron chi connectivity index (χ4n) is 3.21. The number of aromatic nitrogens is 2. The van der Waals surface area contributed by atoms with E-state index in [0.717, 1.165) is 44.8 Å². The smallest absolute Gasteiger partial charge is 0.142 e. The Hall–Kier alpha value is -2.01. The van der Waals surface area contributed by atoms with E-state index < -0.39 is 0 Å². The van der Waals surface area contributed by atoms with Crippen LogP contribution in [0.2, 0.25) is 0 Å². The van der Waals surface area contributed by atoms with Crippen LogP contribution in [-0.4, -0.2) is 35.7 Å². The van der Waals surface area contributed by atoms with Gasteiger partial charge in [0, 0.05) is 32.1 Å². The lowest BCUT2D eigenvalue weighted by atomic mass is 10.0. The highest BCUT2D eigenvalue weighted by molar-refractivity contribution is 5.59. The molecule has 3 heterocycles. The van der Waals surface area contributed by atoms with E-state index in [4.69, 9.17) is 4.74 Å². The van der Waals surface area contributed by atoms with Crippen molar-refractivity contribution in [1.29, 1.82) is 0 Å². The normalized spacial score (nSPS) is 21.1. The molecule has 0 spiro atoms. The van der Waals surface area contributed by atoms with Crippen LogP contribution in [-0.2, 0) is 13.0 Å². The number of rotatable bonds is 2. The summed E-state index contributed by atoms with van der Waals surface area (Å²) < 4.78 is 5.83. The van der Waals surface area contributed by atoms with E-state index in [0.29, 0.717) is 6.04 Å². The lowest BCUT2D eigenvalue weighted by Gasteiger charge is -2.31. The van der Waals surface area contributed by atoms with Gasteiger partial charge in [-0.2, -0.15) is 0 Å². The number of para-hydroxylation sites is 2. The van der Waals surface area contributed by atoms with E-state index in [1.54, 1.807) is 6.33 Å². The minimum atomic E-state index is 0.437. The second kappa shape index (κ2) is 5.41. The fourth-order valence-corrected chi connectivity index (χ4v) is 3.21. The van der Waals surface area contributed by atoms with Gasteiger partial charge in [0.25, 0.3) is 0 Å². The molecule has 5 nitrogen and oxygen atoms in total. The van der Waals surface area contributed by atoms with Gasteiger partial charge in [-0.15, -0.1) is 0 Å². The molecule has 0 bridgehead atoms. The van der Waals surface area contributed by atoms with Crippen molar-refractivity contribution in [2.24, 2.45) is 0 Å². The van der Waals surface area contributed by atoms with E-state index >= 15 is 0 Å². The van der Waals surface area contributed by atoms with Gasteiger partial charge in [-0.25, -0.2) is 4.98 Å². The molecule has 2 N–H and O–H groups in total. The van der Waals surface area contributed by atoms with Crippen molar-refractivity contribution in [3.8, 4) is 5.75 Å². The molecule has 5 heteroatoms. The second-order valence-corrected chi connectivity index (χ2v) is 5.73. The zero-order valence-electron chi connectivity index (χ0n) is 12.0. The predicted octanol–water partition coefficient (Wildman–Crippen LogP) is 1.71. The molecule has 0 saturated heterocycles. The van der Waals surface area contributed by atoms with Crippen LogP contribution in [0, 0.1) is 0 Å². The molecule has 0 radical (unpaired) electrons. The number of fused-ring (bicyclic) bond motifs is 2. The van der Waals surface area contributed by atoms with Crippen LogP contribution in [0.4, 0.5) is 5.69 Å². The first-order valence-electron chi connectivity index (χ1n) is 7.61. The van der Waals surface area contributed by atoms with E-state index in [1.165, 1.54) is 17.1 Å². The summed E-state index contributed by atoms with van der Waals surface area (Å²) in [5.74, 6) is 1.01. The molecular weight excluding hydrogens is 264 g/mol. The highest BCUT2D eigenvalue weighted by Crippen LogP contribution is 2.30. The Balaban J connectivity index is 1.52. The van der Waals surface area contributed by atoms with Crippen molar-refractivity contribution >= 4 is 5.69 Å². The maximum atomic E-state index is 5.83. The van der Waals surface area contributed by atoms with E-state index in [9.17, 15) is 0 Å². The fraction of sp³-hybridized carbons (Fsp3) is 0.438. The van der Waals surface area contributed by atoms with Crippen LogP contribution >= 0.6 is 0 Å². The van der Waals surface area contributed by atoms with Crippen LogP contribution in [0.5, 0.6) is 5.75 Å². The molecule has 21 heavy (non-hydrogen) atoms. The Morgan fingerprint density at radius 3 is 3.29 bits per heavy atom.